The van der Waals surface area contributed by atoms with Crippen LogP contribution in [-0.4, -0.2) is 67.0 Å². The summed E-state index contributed by atoms with van der Waals surface area (Å²) >= 11 is 0. The van der Waals surface area contributed by atoms with Gasteiger partial charge in [0.05, 0.1) is 12.2 Å². The highest BCUT2D eigenvalue weighted by Gasteiger charge is 2.77. The van der Waals surface area contributed by atoms with Gasteiger partial charge in [0.2, 0.25) is 0 Å². The molecule has 0 radical (unpaired) electrons. The molecule has 4 saturated carbocycles. The molecule has 0 aromatic heterocycles. The zero-order valence-corrected chi connectivity index (χ0v) is 19.2. The van der Waals surface area contributed by atoms with Crippen molar-refractivity contribution in [2.45, 2.75) is 74.7 Å². The number of carbonyl (C=O) groups is 3. The van der Waals surface area contributed by atoms with Gasteiger partial charge in [-0.1, -0.05) is 6.58 Å². The van der Waals surface area contributed by atoms with E-state index < -0.39 is 67.0 Å². The van der Waals surface area contributed by atoms with Gasteiger partial charge >= 0.3 is 35.9 Å². The van der Waals surface area contributed by atoms with Crippen LogP contribution in [0.3, 0.4) is 0 Å². The molecule has 2 unspecified atom stereocenters. The van der Waals surface area contributed by atoms with Crippen LogP contribution in [0.15, 0.2) is 12.2 Å². The molecule has 0 aromatic carbocycles. The van der Waals surface area contributed by atoms with Crippen LogP contribution in [0.2, 0.25) is 0 Å². The van der Waals surface area contributed by atoms with Crippen molar-refractivity contribution in [2.75, 3.05) is 19.8 Å². The number of alkyl halides is 7. The molecule has 0 aromatic rings. The Morgan fingerprint density at radius 1 is 0.889 bits per heavy atom. The lowest BCUT2D eigenvalue weighted by Gasteiger charge is -2.60. The molecule has 2 atom stereocenters. The fourth-order valence-electron chi connectivity index (χ4n) is 5.69. The summed E-state index contributed by atoms with van der Waals surface area (Å²) in [6, 6.07) is 0. The third-order valence-corrected chi connectivity index (χ3v) is 6.69. The molecule has 7 nitrogen and oxygen atoms in total. The topological polar surface area (TPSA) is 88.1 Å². The highest BCUT2D eigenvalue weighted by atomic mass is 19.4. The fourth-order valence-corrected chi connectivity index (χ4v) is 5.69. The molecule has 0 N–H and O–H groups in total. The molecule has 4 rings (SSSR count). The number of rotatable bonds is 10. The first-order valence-electron chi connectivity index (χ1n) is 11.1. The first-order valence-corrected chi connectivity index (χ1v) is 11.1. The largest absolute Gasteiger partial charge is 0.460 e. The molecule has 0 heterocycles. The number of hydrogen-bond donors (Lipinski definition) is 0. The van der Waals surface area contributed by atoms with Gasteiger partial charge in [0.25, 0.3) is 0 Å². The summed E-state index contributed by atoms with van der Waals surface area (Å²) in [6.45, 7) is 2.67. The first-order chi connectivity index (χ1) is 16.4. The summed E-state index contributed by atoms with van der Waals surface area (Å²) in [7, 11) is 0. The van der Waals surface area contributed by atoms with Gasteiger partial charge in [-0.05, 0) is 50.9 Å². The Morgan fingerprint density at radius 3 is 1.97 bits per heavy atom. The first kappa shape index (κ1) is 28.2. The Balaban J connectivity index is 1.56. The van der Waals surface area contributed by atoms with Crippen molar-refractivity contribution in [2.24, 2.45) is 11.8 Å². The number of carbonyl (C=O) groups excluding carboxylic acids is 3. The summed E-state index contributed by atoms with van der Waals surface area (Å²) in [4.78, 5) is 35.1. The molecular weight excluding hydrogens is 509 g/mol. The van der Waals surface area contributed by atoms with Crippen LogP contribution in [0.5, 0.6) is 0 Å². The van der Waals surface area contributed by atoms with Crippen LogP contribution in [0.4, 0.5) is 30.7 Å². The van der Waals surface area contributed by atoms with E-state index in [0.29, 0.717) is 25.7 Å². The van der Waals surface area contributed by atoms with Crippen LogP contribution < -0.4 is 0 Å². The minimum absolute atomic E-state index is 0.0920. The van der Waals surface area contributed by atoms with E-state index in [1.165, 1.54) is 6.92 Å². The Labute approximate surface area is 201 Å². The highest BCUT2D eigenvalue weighted by molar-refractivity contribution is 5.88. The molecule has 4 aliphatic carbocycles. The number of esters is 3. The van der Waals surface area contributed by atoms with E-state index in [0.717, 1.165) is 6.42 Å². The number of hydrogen-bond acceptors (Lipinski definition) is 7. The molecule has 14 heteroatoms. The SMILES string of the molecule is C=C(C)C(=O)OCC(=O)OC12CC3CC(CC(OCCOC(=O)C(F)(F)C(F)(F)C(F)(F)F)(C3)C1)C2. The molecule has 36 heavy (non-hydrogen) atoms. The summed E-state index contributed by atoms with van der Waals surface area (Å²) in [6.07, 6.45) is -3.51. The lowest BCUT2D eigenvalue weighted by molar-refractivity contribution is -0.348. The Hall–Kier alpha value is -2.38. The van der Waals surface area contributed by atoms with Crippen molar-refractivity contribution in [1.82, 2.24) is 0 Å². The quantitative estimate of drug-likeness (QED) is 0.137. The van der Waals surface area contributed by atoms with E-state index >= 15 is 0 Å². The third kappa shape index (κ3) is 5.47. The van der Waals surface area contributed by atoms with Crippen molar-refractivity contribution < 1.29 is 64.1 Å². The van der Waals surface area contributed by atoms with Gasteiger partial charge in [-0.15, -0.1) is 0 Å². The highest BCUT2D eigenvalue weighted by Crippen LogP contribution is 2.60. The van der Waals surface area contributed by atoms with Gasteiger partial charge in [0, 0.05) is 12.0 Å². The van der Waals surface area contributed by atoms with Crippen molar-refractivity contribution in [3.63, 3.8) is 0 Å². The minimum atomic E-state index is -6.65. The van der Waals surface area contributed by atoms with Crippen LogP contribution in [-0.2, 0) is 33.3 Å². The summed E-state index contributed by atoms with van der Waals surface area (Å²) in [5.74, 6) is -17.1. The zero-order valence-electron chi connectivity index (χ0n) is 19.2. The van der Waals surface area contributed by atoms with Crippen LogP contribution in [0, 0.1) is 11.8 Å². The van der Waals surface area contributed by atoms with E-state index in [4.69, 9.17) is 14.2 Å². The molecule has 4 aliphatic rings. The van der Waals surface area contributed by atoms with E-state index in [9.17, 15) is 45.1 Å². The smallest absolute Gasteiger partial charge is 0.459 e. The van der Waals surface area contributed by atoms with E-state index in [2.05, 4.69) is 11.3 Å². The van der Waals surface area contributed by atoms with E-state index in [1.54, 1.807) is 0 Å². The maximum absolute atomic E-state index is 13.4. The lowest BCUT2D eigenvalue weighted by atomic mass is 9.52. The average molecular weight is 534 g/mol. The second-order valence-electron chi connectivity index (χ2n) is 9.79. The molecular formula is C22H25F7O7. The normalized spacial score (nSPS) is 29.6. The molecule has 0 spiro atoms. The number of halogens is 7. The lowest BCUT2D eigenvalue weighted by Crippen LogP contribution is -2.61. The molecule has 0 amide bonds. The Kier molecular flexibility index (Phi) is 7.43. The maximum Gasteiger partial charge on any atom is 0.460 e. The van der Waals surface area contributed by atoms with Gasteiger partial charge in [0.1, 0.15) is 12.2 Å². The summed E-state index contributed by atoms with van der Waals surface area (Å²) in [5, 5.41) is 0. The van der Waals surface area contributed by atoms with Gasteiger partial charge in [-0.2, -0.15) is 30.7 Å². The minimum Gasteiger partial charge on any atom is -0.459 e. The molecule has 0 saturated heterocycles. The Morgan fingerprint density at radius 2 is 1.44 bits per heavy atom. The van der Waals surface area contributed by atoms with Crippen molar-refractivity contribution in [3.05, 3.63) is 12.2 Å². The average Bonchev–Trinajstić information content (AvgIpc) is 2.72. The molecule has 4 fully saturated rings. The second kappa shape index (κ2) is 9.49. The molecule has 4 bridgehead atoms. The van der Waals surface area contributed by atoms with E-state index in [-0.39, 0.29) is 23.8 Å². The second-order valence-corrected chi connectivity index (χ2v) is 9.79. The predicted octanol–water partition coefficient (Wildman–Crippen LogP) is 4.13. The third-order valence-electron chi connectivity index (χ3n) is 6.69. The van der Waals surface area contributed by atoms with Crippen LogP contribution >= 0.6 is 0 Å². The maximum atomic E-state index is 13.4. The zero-order chi connectivity index (χ0) is 27.2. The summed E-state index contributed by atoms with van der Waals surface area (Å²) in [5.41, 5.74) is -1.70. The van der Waals surface area contributed by atoms with Gasteiger partial charge < -0.3 is 18.9 Å². The van der Waals surface area contributed by atoms with Crippen LogP contribution in [0.1, 0.15) is 45.4 Å². The van der Waals surface area contributed by atoms with Gasteiger partial charge in [-0.25, -0.2) is 14.4 Å². The summed E-state index contributed by atoms with van der Waals surface area (Å²) < 4.78 is 110. The standard InChI is InChI=1S/C22H25F7O7/c1-12(2)16(31)34-10-15(30)36-19-8-13-5-14(9-19)7-18(6-13,11-19)35-4-3-33-17(32)20(23,24)21(25,26)22(27,28)29/h13-14H,1,3-11H2,2H3. The van der Waals surface area contributed by atoms with Gasteiger partial charge in [-0.3, -0.25) is 0 Å². The Bertz CT molecular complexity index is 901. The van der Waals surface area contributed by atoms with Crippen molar-refractivity contribution in [1.29, 1.82) is 0 Å². The predicted molar refractivity (Wildman–Crippen MR) is 105 cm³/mol. The van der Waals surface area contributed by atoms with Crippen molar-refractivity contribution >= 4 is 17.9 Å². The van der Waals surface area contributed by atoms with Gasteiger partial charge in [0.15, 0.2) is 6.61 Å². The van der Waals surface area contributed by atoms with Crippen LogP contribution in [0.25, 0.3) is 0 Å². The van der Waals surface area contributed by atoms with E-state index in [1.807, 2.05) is 0 Å². The molecule has 204 valence electrons. The monoisotopic (exact) mass is 534 g/mol. The van der Waals surface area contributed by atoms with Crippen molar-refractivity contribution in [3.8, 4) is 0 Å². The number of ether oxygens (including phenoxy) is 4. The fraction of sp³-hybridized carbons (Fsp3) is 0.773. The molecule has 0 aliphatic heterocycles.